The molecular formula is C30H25Cl2N5O2. The predicted octanol–water partition coefficient (Wildman–Crippen LogP) is 6.37. The minimum Gasteiger partial charge on any atom is -0.497 e. The molecule has 7 nitrogen and oxygen atoms in total. The van der Waals surface area contributed by atoms with Gasteiger partial charge in [-0.3, -0.25) is 4.79 Å². The van der Waals surface area contributed by atoms with Gasteiger partial charge in [0.2, 0.25) is 0 Å². The molecule has 0 radical (unpaired) electrons. The van der Waals surface area contributed by atoms with Gasteiger partial charge in [0, 0.05) is 48.6 Å². The first kappa shape index (κ1) is 25.2. The van der Waals surface area contributed by atoms with Gasteiger partial charge in [-0.2, -0.15) is 0 Å². The molecule has 0 atom stereocenters. The summed E-state index contributed by atoms with van der Waals surface area (Å²) in [6.45, 7) is 2.35. The second kappa shape index (κ2) is 10.6. The monoisotopic (exact) mass is 557 g/mol. The highest BCUT2D eigenvalue weighted by Gasteiger charge is 2.27. The number of carbonyl (C=O) groups excluding carboxylic acids is 1. The highest BCUT2D eigenvalue weighted by Crippen LogP contribution is 2.37. The Morgan fingerprint density at radius 1 is 0.897 bits per heavy atom. The van der Waals surface area contributed by atoms with Crippen LogP contribution in [0.3, 0.4) is 0 Å². The van der Waals surface area contributed by atoms with Gasteiger partial charge in [0.25, 0.3) is 5.91 Å². The Morgan fingerprint density at radius 3 is 2.33 bits per heavy atom. The zero-order chi connectivity index (χ0) is 26.9. The van der Waals surface area contributed by atoms with Crippen molar-refractivity contribution in [1.29, 1.82) is 0 Å². The number of anilines is 1. The molecule has 6 rings (SSSR count). The molecule has 5 aromatic rings. The second-order valence-electron chi connectivity index (χ2n) is 9.28. The average Bonchev–Trinajstić information content (AvgIpc) is 3.37. The number of benzene rings is 3. The van der Waals surface area contributed by atoms with Crippen LogP contribution in [0.25, 0.3) is 27.8 Å². The predicted molar refractivity (Wildman–Crippen MR) is 155 cm³/mol. The Morgan fingerprint density at radius 2 is 1.64 bits per heavy atom. The van der Waals surface area contributed by atoms with Crippen LogP contribution in [-0.2, 0) is 0 Å². The van der Waals surface area contributed by atoms with Gasteiger partial charge >= 0.3 is 0 Å². The highest BCUT2D eigenvalue weighted by atomic mass is 35.5. The van der Waals surface area contributed by atoms with Gasteiger partial charge in [0.15, 0.2) is 5.65 Å². The molecule has 3 heterocycles. The van der Waals surface area contributed by atoms with E-state index in [1.807, 2.05) is 47.4 Å². The van der Waals surface area contributed by atoms with E-state index in [1.54, 1.807) is 31.6 Å². The lowest BCUT2D eigenvalue weighted by Crippen LogP contribution is -2.49. The maximum absolute atomic E-state index is 13.2. The van der Waals surface area contributed by atoms with Crippen LogP contribution in [0, 0.1) is 0 Å². The van der Waals surface area contributed by atoms with Crippen LogP contribution in [0.5, 0.6) is 5.75 Å². The molecule has 1 saturated heterocycles. The number of hydrogen-bond acceptors (Lipinski definition) is 5. The lowest BCUT2D eigenvalue weighted by molar-refractivity contribution is 0.0747. The van der Waals surface area contributed by atoms with E-state index in [0.717, 1.165) is 39.4 Å². The topological polar surface area (TPSA) is 63.5 Å². The van der Waals surface area contributed by atoms with E-state index in [9.17, 15) is 4.79 Å². The number of carbonyl (C=O) groups is 1. The van der Waals surface area contributed by atoms with Gasteiger partial charge < -0.3 is 19.1 Å². The van der Waals surface area contributed by atoms with E-state index in [2.05, 4.69) is 27.8 Å². The molecule has 9 heteroatoms. The van der Waals surface area contributed by atoms with Gasteiger partial charge in [-0.15, -0.1) is 0 Å². The van der Waals surface area contributed by atoms with Gasteiger partial charge in [0.05, 0.1) is 23.1 Å². The smallest absolute Gasteiger partial charge is 0.255 e. The first-order chi connectivity index (χ1) is 19.0. The third-order valence-electron chi connectivity index (χ3n) is 7.03. The molecular weight excluding hydrogens is 533 g/mol. The highest BCUT2D eigenvalue weighted by molar-refractivity contribution is 6.36. The zero-order valence-electron chi connectivity index (χ0n) is 21.2. The molecule has 39 heavy (non-hydrogen) atoms. The normalized spacial score (nSPS) is 13.6. The summed E-state index contributed by atoms with van der Waals surface area (Å²) in [7, 11) is 1.66. The number of fused-ring (bicyclic) bond motifs is 1. The lowest BCUT2D eigenvalue weighted by atomic mass is 10.1. The largest absolute Gasteiger partial charge is 0.497 e. The van der Waals surface area contributed by atoms with Crippen molar-refractivity contribution in [3.05, 3.63) is 101 Å². The van der Waals surface area contributed by atoms with E-state index >= 15 is 0 Å². The molecule has 196 valence electrons. The molecule has 3 aromatic carbocycles. The molecule has 1 aliphatic rings. The first-order valence-electron chi connectivity index (χ1n) is 12.6. The number of aromatic nitrogens is 3. The molecule has 0 unspecified atom stereocenters. The van der Waals surface area contributed by atoms with Crippen LogP contribution < -0.4 is 9.64 Å². The van der Waals surface area contributed by atoms with Crippen molar-refractivity contribution in [1.82, 2.24) is 19.4 Å². The minimum absolute atomic E-state index is 0.0974. The lowest BCUT2D eigenvalue weighted by Gasteiger charge is -2.36. The van der Waals surface area contributed by atoms with Crippen LogP contribution >= 0.6 is 23.2 Å². The van der Waals surface area contributed by atoms with E-state index in [-0.39, 0.29) is 5.91 Å². The molecule has 1 fully saturated rings. The van der Waals surface area contributed by atoms with Crippen molar-refractivity contribution in [2.24, 2.45) is 0 Å². The molecule has 0 bridgehead atoms. The number of rotatable bonds is 5. The van der Waals surface area contributed by atoms with E-state index in [1.165, 1.54) is 0 Å². The number of piperazine rings is 1. The first-order valence-corrected chi connectivity index (χ1v) is 13.3. The molecule has 1 aliphatic heterocycles. The molecule has 0 N–H and O–H groups in total. The molecule has 0 aliphatic carbocycles. The van der Waals surface area contributed by atoms with E-state index in [4.69, 9.17) is 37.9 Å². The number of halogens is 2. The van der Waals surface area contributed by atoms with E-state index < -0.39 is 0 Å². The molecule has 1 amide bonds. The van der Waals surface area contributed by atoms with Crippen molar-refractivity contribution in [3.63, 3.8) is 0 Å². The summed E-state index contributed by atoms with van der Waals surface area (Å²) in [5, 5.41) is 1.84. The van der Waals surface area contributed by atoms with Crippen molar-refractivity contribution in [2.45, 2.75) is 0 Å². The van der Waals surface area contributed by atoms with Crippen molar-refractivity contribution < 1.29 is 9.53 Å². The van der Waals surface area contributed by atoms with Gasteiger partial charge in [-0.05, 0) is 48.0 Å². The Balaban J connectivity index is 1.36. The Bertz CT molecular complexity index is 1650. The third-order valence-corrected chi connectivity index (χ3v) is 7.57. The van der Waals surface area contributed by atoms with E-state index in [0.29, 0.717) is 41.8 Å². The quantitative estimate of drug-likeness (QED) is 0.251. The van der Waals surface area contributed by atoms with Crippen molar-refractivity contribution in [3.8, 4) is 22.6 Å². The summed E-state index contributed by atoms with van der Waals surface area (Å²) in [6, 6.07) is 23.1. The number of hydrogen-bond donors (Lipinski definition) is 0. The molecule has 2 aromatic heterocycles. The minimum atomic E-state index is -0.0974. The fourth-order valence-electron chi connectivity index (χ4n) is 5.02. The molecule has 0 spiro atoms. The molecule has 0 saturated carbocycles. The van der Waals surface area contributed by atoms with Gasteiger partial charge in [-0.1, -0.05) is 53.5 Å². The van der Waals surface area contributed by atoms with Crippen molar-refractivity contribution in [2.75, 3.05) is 38.2 Å². The summed E-state index contributed by atoms with van der Waals surface area (Å²) in [5.74, 6) is 1.55. The maximum Gasteiger partial charge on any atom is 0.255 e. The Hall–Kier alpha value is -4.07. The zero-order valence-corrected chi connectivity index (χ0v) is 22.7. The number of ether oxygens (including phenoxy) is 1. The number of amides is 1. The van der Waals surface area contributed by atoms with Crippen LogP contribution in [0.15, 0.2) is 85.3 Å². The van der Waals surface area contributed by atoms with Gasteiger partial charge in [-0.25, -0.2) is 9.97 Å². The van der Waals surface area contributed by atoms with Crippen LogP contribution in [0.4, 0.5) is 5.82 Å². The fraction of sp³-hybridized carbons (Fsp3) is 0.167. The fourth-order valence-corrected chi connectivity index (χ4v) is 5.51. The van der Waals surface area contributed by atoms with Gasteiger partial charge in [0.1, 0.15) is 17.9 Å². The average molecular weight is 558 g/mol. The summed E-state index contributed by atoms with van der Waals surface area (Å²) < 4.78 is 7.44. The summed E-state index contributed by atoms with van der Waals surface area (Å²) >= 11 is 12.3. The SMILES string of the molecule is COc1ccc(-n2cc(-c3ccccc3)c3c(N4CCN(C(=O)c5ccc(Cl)cc5Cl)CC4)ncnc32)cc1. The second-order valence-corrected chi connectivity index (χ2v) is 10.1. The number of nitrogens with zero attached hydrogens (tertiary/aromatic N) is 5. The van der Waals surface area contributed by atoms with Crippen molar-refractivity contribution >= 4 is 46.0 Å². The third kappa shape index (κ3) is 4.80. The summed E-state index contributed by atoms with van der Waals surface area (Å²) in [5.41, 5.74) is 4.38. The summed E-state index contributed by atoms with van der Waals surface area (Å²) in [6.07, 6.45) is 3.72. The summed E-state index contributed by atoms with van der Waals surface area (Å²) in [4.78, 5) is 26.7. The maximum atomic E-state index is 13.2. The van der Waals surface area contributed by atoms with Crippen LogP contribution in [0.1, 0.15) is 10.4 Å². The Kier molecular flexibility index (Phi) is 6.85. The van der Waals surface area contributed by atoms with Crippen LogP contribution in [-0.4, -0.2) is 58.6 Å². The Labute approximate surface area is 236 Å². The van der Waals surface area contributed by atoms with Crippen LogP contribution in [0.2, 0.25) is 10.0 Å². The number of methoxy groups -OCH3 is 1. The standard InChI is InChI=1S/C30H25Cl2N5O2/c1-39-23-10-8-22(9-11-23)37-18-25(20-5-3-2-4-6-20)27-28(33-19-34-29(27)37)35-13-15-36(16-14-35)30(38)24-12-7-21(31)17-26(24)32/h2-12,17-19H,13-16H2,1H3.